The van der Waals surface area contributed by atoms with E-state index >= 15 is 0 Å². The maximum atomic E-state index is 12.8. The van der Waals surface area contributed by atoms with Crippen LogP contribution in [0.4, 0.5) is 0 Å². The van der Waals surface area contributed by atoms with Gasteiger partial charge in [-0.2, -0.15) is 0 Å². The average Bonchev–Trinajstić information content (AvgIpc) is 3.26. The van der Waals surface area contributed by atoms with Gasteiger partial charge in [-0.25, -0.2) is 4.98 Å². The van der Waals surface area contributed by atoms with Crippen molar-refractivity contribution in [1.82, 2.24) is 19.8 Å². The molecule has 0 bridgehead atoms. The molecule has 2 aromatic heterocycles. The van der Waals surface area contributed by atoms with E-state index in [0.717, 1.165) is 21.3 Å². The lowest BCUT2D eigenvalue weighted by Gasteiger charge is -2.27. The fraction of sp³-hybridized carbons (Fsp3) is 0.100. The number of thiocarbonyl (C=S) groups is 1. The topological polar surface area (TPSA) is 67.2 Å². The number of halogens is 1. The number of fused-ring (bicyclic) bond motifs is 1. The first-order valence-corrected chi connectivity index (χ1v) is 10.3. The van der Waals surface area contributed by atoms with Gasteiger partial charge in [0.05, 0.1) is 6.54 Å². The van der Waals surface area contributed by atoms with Gasteiger partial charge in [-0.1, -0.05) is 35.9 Å². The standard InChI is InChI=1S/C20H15ClN4O2S2/c1-2-7-25-18(27)15(17(26)23-20(25)28)8-12-10-24(11-13-9-22-19(21)29-13)16-6-4-3-5-14(12)16/h2-6,8-10H,1,7,11H2,(H,23,26,28). The van der Waals surface area contributed by atoms with E-state index in [1.54, 1.807) is 18.3 Å². The molecule has 0 radical (unpaired) electrons. The molecule has 4 rings (SSSR count). The van der Waals surface area contributed by atoms with Crippen LogP contribution >= 0.6 is 35.2 Å². The minimum atomic E-state index is -0.508. The normalized spacial score (nSPS) is 16.0. The number of benzene rings is 1. The first-order valence-electron chi connectivity index (χ1n) is 8.65. The Morgan fingerprint density at radius 1 is 1.31 bits per heavy atom. The second-order valence-corrected chi connectivity index (χ2v) is 8.41. The molecule has 1 aliphatic rings. The van der Waals surface area contributed by atoms with Crippen LogP contribution in [-0.4, -0.2) is 37.9 Å². The molecule has 1 N–H and O–H groups in total. The third-order valence-corrected chi connectivity index (χ3v) is 5.89. The first-order chi connectivity index (χ1) is 14.0. The maximum absolute atomic E-state index is 12.8. The fourth-order valence-corrected chi connectivity index (χ4v) is 4.42. The summed E-state index contributed by atoms with van der Waals surface area (Å²) in [5.41, 5.74) is 1.77. The molecule has 1 saturated heterocycles. The zero-order valence-corrected chi connectivity index (χ0v) is 17.5. The van der Waals surface area contributed by atoms with Crippen molar-refractivity contribution in [1.29, 1.82) is 0 Å². The molecule has 2 amide bonds. The van der Waals surface area contributed by atoms with Gasteiger partial charge in [0.1, 0.15) is 5.57 Å². The van der Waals surface area contributed by atoms with Crippen LogP contribution in [0.15, 0.2) is 54.9 Å². The zero-order chi connectivity index (χ0) is 20.5. The number of aromatic nitrogens is 2. The SMILES string of the molecule is C=CCN1C(=O)C(=Cc2cn(Cc3cnc(Cl)s3)c3ccccc23)C(=O)NC1=S. The van der Waals surface area contributed by atoms with E-state index in [-0.39, 0.29) is 17.2 Å². The molecule has 0 unspecified atom stereocenters. The van der Waals surface area contributed by atoms with Gasteiger partial charge in [-0.05, 0) is 24.4 Å². The molecule has 3 heterocycles. The Morgan fingerprint density at radius 3 is 2.83 bits per heavy atom. The van der Waals surface area contributed by atoms with Crippen LogP contribution in [0.2, 0.25) is 4.47 Å². The summed E-state index contributed by atoms with van der Waals surface area (Å²) in [7, 11) is 0. The van der Waals surface area contributed by atoms with Crippen molar-refractivity contribution >= 4 is 69.1 Å². The highest BCUT2D eigenvalue weighted by atomic mass is 35.5. The molecule has 146 valence electrons. The van der Waals surface area contributed by atoms with Crippen LogP contribution in [-0.2, 0) is 16.1 Å². The molecule has 1 aliphatic heterocycles. The molecular formula is C20H15ClN4O2S2. The summed E-state index contributed by atoms with van der Waals surface area (Å²) in [6.45, 7) is 4.44. The number of hydrogen-bond donors (Lipinski definition) is 1. The molecule has 9 heteroatoms. The van der Waals surface area contributed by atoms with Gasteiger partial charge in [0.2, 0.25) is 0 Å². The van der Waals surface area contributed by atoms with E-state index in [2.05, 4.69) is 16.9 Å². The number of para-hydroxylation sites is 1. The highest BCUT2D eigenvalue weighted by Crippen LogP contribution is 2.27. The molecule has 1 fully saturated rings. The second kappa shape index (κ2) is 7.90. The lowest BCUT2D eigenvalue weighted by Crippen LogP contribution is -2.53. The summed E-state index contributed by atoms with van der Waals surface area (Å²) < 4.78 is 2.53. The summed E-state index contributed by atoms with van der Waals surface area (Å²) in [4.78, 5) is 31.6. The van der Waals surface area contributed by atoms with E-state index in [4.69, 9.17) is 23.8 Å². The summed E-state index contributed by atoms with van der Waals surface area (Å²) in [6, 6.07) is 7.80. The number of carbonyl (C=O) groups is 2. The first kappa shape index (κ1) is 19.5. The van der Waals surface area contributed by atoms with E-state index in [9.17, 15) is 9.59 Å². The van der Waals surface area contributed by atoms with Crippen LogP contribution < -0.4 is 5.32 Å². The van der Waals surface area contributed by atoms with Crippen molar-refractivity contribution in [3.63, 3.8) is 0 Å². The quantitative estimate of drug-likeness (QED) is 0.283. The minimum absolute atomic E-state index is 0.0317. The number of amides is 2. The van der Waals surface area contributed by atoms with Crippen LogP contribution in [0.25, 0.3) is 17.0 Å². The van der Waals surface area contributed by atoms with Gasteiger partial charge in [0, 0.05) is 40.3 Å². The van der Waals surface area contributed by atoms with Gasteiger partial charge in [-0.3, -0.25) is 19.8 Å². The van der Waals surface area contributed by atoms with E-state index in [1.807, 2.05) is 35.0 Å². The lowest BCUT2D eigenvalue weighted by atomic mass is 10.1. The molecule has 3 aromatic rings. The number of nitrogens with one attached hydrogen (secondary N) is 1. The Kier molecular flexibility index (Phi) is 5.31. The third-order valence-electron chi connectivity index (χ3n) is 4.47. The Hall–Kier alpha value is -2.81. The van der Waals surface area contributed by atoms with Crippen molar-refractivity contribution in [2.24, 2.45) is 0 Å². The average molecular weight is 443 g/mol. The number of carbonyl (C=O) groups excluding carboxylic acids is 2. The predicted molar refractivity (Wildman–Crippen MR) is 119 cm³/mol. The summed E-state index contributed by atoms with van der Waals surface area (Å²) in [5, 5.41) is 3.58. The van der Waals surface area contributed by atoms with Crippen molar-refractivity contribution in [3.8, 4) is 0 Å². The fourth-order valence-electron chi connectivity index (χ4n) is 3.19. The van der Waals surface area contributed by atoms with Gasteiger partial charge < -0.3 is 4.57 Å². The summed E-state index contributed by atoms with van der Waals surface area (Å²) in [6.07, 6.45) is 6.82. The Labute approximate surface area is 181 Å². The summed E-state index contributed by atoms with van der Waals surface area (Å²) in [5.74, 6) is -0.948. The number of rotatable bonds is 5. The molecule has 0 spiro atoms. The second-order valence-electron chi connectivity index (χ2n) is 6.33. The van der Waals surface area contributed by atoms with Crippen LogP contribution in [0.3, 0.4) is 0 Å². The maximum Gasteiger partial charge on any atom is 0.265 e. The van der Waals surface area contributed by atoms with Crippen LogP contribution in [0.5, 0.6) is 0 Å². The Bertz CT molecular complexity index is 1190. The molecule has 0 saturated carbocycles. The van der Waals surface area contributed by atoms with Gasteiger partial charge >= 0.3 is 0 Å². The third kappa shape index (κ3) is 3.74. The van der Waals surface area contributed by atoms with Gasteiger partial charge in [0.15, 0.2) is 9.58 Å². The monoisotopic (exact) mass is 442 g/mol. The van der Waals surface area contributed by atoms with Crippen molar-refractivity contribution in [2.45, 2.75) is 6.54 Å². The largest absolute Gasteiger partial charge is 0.342 e. The van der Waals surface area contributed by atoms with Crippen LogP contribution in [0, 0.1) is 0 Å². The number of thiazole rings is 1. The highest BCUT2D eigenvalue weighted by molar-refractivity contribution is 7.80. The predicted octanol–water partition coefficient (Wildman–Crippen LogP) is 3.61. The number of hydrogen-bond acceptors (Lipinski definition) is 5. The van der Waals surface area contributed by atoms with Crippen molar-refractivity contribution in [3.05, 3.63) is 69.8 Å². The van der Waals surface area contributed by atoms with Gasteiger partial charge in [-0.15, -0.1) is 17.9 Å². The Morgan fingerprint density at radius 2 is 2.10 bits per heavy atom. The Balaban J connectivity index is 1.77. The van der Waals surface area contributed by atoms with E-state index in [1.165, 1.54) is 16.2 Å². The van der Waals surface area contributed by atoms with Crippen LogP contribution in [0.1, 0.15) is 10.4 Å². The van der Waals surface area contributed by atoms with E-state index < -0.39 is 11.8 Å². The molecule has 0 atom stereocenters. The number of nitrogens with zero attached hydrogens (tertiary/aromatic N) is 3. The molecule has 1 aromatic carbocycles. The van der Waals surface area contributed by atoms with Crippen molar-refractivity contribution < 1.29 is 9.59 Å². The molecule has 6 nitrogen and oxygen atoms in total. The molecule has 29 heavy (non-hydrogen) atoms. The smallest absolute Gasteiger partial charge is 0.265 e. The van der Waals surface area contributed by atoms with Gasteiger partial charge in [0.25, 0.3) is 11.8 Å². The lowest BCUT2D eigenvalue weighted by molar-refractivity contribution is -0.128. The molecular weight excluding hydrogens is 428 g/mol. The highest BCUT2D eigenvalue weighted by Gasteiger charge is 2.32. The zero-order valence-electron chi connectivity index (χ0n) is 15.1. The molecule has 0 aliphatic carbocycles. The summed E-state index contributed by atoms with van der Waals surface area (Å²) >= 11 is 12.5. The van der Waals surface area contributed by atoms with Crippen molar-refractivity contribution in [2.75, 3.05) is 6.54 Å². The minimum Gasteiger partial charge on any atom is -0.342 e. The van der Waals surface area contributed by atoms with E-state index in [0.29, 0.717) is 11.0 Å².